The van der Waals surface area contributed by atoms with Gasteiger partial charge in [0.05, 0.1) is 26.9 Å². The number of nitrogens with zero attached hydrogens (tertiary/aromatic N) is 3. The molecule has 0 spiro atoms. The number of ether oxygens (including phenoxy) is 1. The fourth-order valence-corrected chi connectivity index (χ4v) is 18.9. The fourth-order valence-electron chi connectivity index (χ4n) is 14.1. The number of aromatic nitrogens is 3. The van der Waals surface area contributed by atoms with Crippen LogP contribution < -0.4 is 20.3 Å². The number of pyridine rings is 1. The van der Waals surface area contributed by atoms with Gasteiger partial charge in [0.1, 0.15) is 19.6 Å². The molecule has 0 amide bonds. The second-order valence-corrected chi connectivity index (χ2v) is 27.2. The molecule has 3 aliphatic carbocycles. The summed E-state index contributed by atoms with van der Waals surface area (Å²) in [5, 5.41) is 3.96. The number of imidazole rings is 1. The van der Waals surface area contributed by atoms with Crippen molar-refractivity contribution < 1.29 is 4.74 Å². The first-order chi connectivity index (χ1) is 36.3. The van der Waals surface area contributed by atoms with Crippen molar-refractivity contribution in [3.8, 4) is 67.3 Å². The standard InChI is InChI=1S/C68H57N3OSSi/c1-68(2)56-28-15-29-62(74(3,46-21-5-4-6-22-46)47-32-33-52-49-23-11-12-24-50(49)54-27-16-38-69-64(54)53-26-14-13-25-51(53)55(52)41-47)66(56)72-60-37-31-45(39-57(60)68)63-48(43-19-9-10-20-43)34-36-59-65(63)70-67-71(59)58-35-30-44(40-61(58)73-67)42-17-7-8-18-42/h4-6,11-16,21-43H,7-10,17-20H2,1-3H3. The molecule has 4 aliphatic rings. The van der Waals surface area contributed by atoms with Crippen molar-refractivity contribution in [2.75, 3.05) is 0 Å². The number of benzene rings is 8. The second-order valence-electron chi connectivity index (χ2n) is 22.3. The van der Waals surface area contributed by atoms with Crippen molar-refractivity contribution in [3.05, 3.63) is 204 Å². The zero-order valence-electron chi connectivity index (χ0n) is 42.3. The summed E-state index contributed by atoms with van der Waals surface area (Å²) in [6.07, 6.45) is 12.3. The molecule has 4 heterocycles. The van der Waals surface area contributed by atoms with E-state index in [2.05, 4.69) is 201 Å². The van der Waals surface area contributed by atoms with Crippen molar-refractivity contribution in [2.24, 2.45) is 0 Å². The molecule has 360 valence electrons. The molecule has 0 bridgehead atoms. The van der Waals surface area contributed by atoms with Crippen LogP contribution in [0.5, 0.6) is 11.5 Å². The van der Waals surface area contributed by atoms with E-state index in [1.807, 2.05) is 17.5 Å². The maximum atomic E-state index is 7.47. The van der Waals surface area contributed by atoms with Crippen LogP contribution in [0, 0.1) is 0 Å². The maximum Gasteiger partial charge on any atom is 0.195 e. The average Bonchev–Trinajstić information content (AvgIpc) is 4.33. The highest BCUT2D eigenvalue weighted by atomic mass is 32.1. The van der Waals surface area contributed by atoms with Gasteiger partial charge in [-0.05, 0) is 134 Å². The van der Waals surface area contributed by atoms with Gasteiger partial charge in [-0.15, -0.1) is 0 Å². The van der Waals surface area contributed by atoms with E-state index in [-0.39, 0.29) is 5.41 Å². The Morgan fingerprint density at radius 3 is 2.05 bits per heavy atom. The van der Waals surface area contributed by atoms with Crippen LogP contribution in [0.25, 0.3) is 82.0 Å². The Kier molecular flexibility index (Phi) is 10.0. The SMILES string of the molecule is CC1(C)c2cc(-c3c(C4CCCC4)ccc4c3nc3sc5cc(C6CCCC6)ccc5n34)ccc2Oc2c1cccc2[Si](C)(c1ccccc1)c1ccc2c(c1)-c1ccccc1-c1ncccc1-c1ccccc1-2. The van der Waals surface area contributed by atoms with Crippen LogP contribution in [0.1, 0.15) is 99.3 Å². The van der Waals surface area contributed by atoms with Crippen molar-refractivity contribution in [3.63, 3.8) is 0 Å². The summed E-state index contributed by atoms with van der Waals surface area (Å²) in [5.74, 6) is 3.15. The molecule has 11 aromatic rings. The zero-order chi connectivity index (χ0) is 49.3. The molecule has 74 heavy (non-hydrogen) atoms. The molecule has 8 aromatic carbocycles. The van der Waals surface area contributed by atoms with Crippen LogP contribution in [0.2, 0.25) is 6.55 Å². The van der Waals surface area contributed by atoms with Crippen LogP contribution in [0.4, 0.5) is 0 Å². The maximum absolute atomic E-state index is 7.47. The third-order valence-corrected chi connectivity index (χ3v) is 23.4. The Morgan fingerprint density at radius 2 is 1.26 bits per heavy atom. The lowest BCUT2D eigenvalue weighted by atomic mass is 9.74. The van der Waals surface area contributed by atoms with Crippen LogP contribution in [-0.2, 0) is 5.41 Å². The van der Waals surface area contributed by atoms with Gasteiger partial charge < -0.3 is 4.74 Å². The summed E-state index contributed by atoms with van der Waals surface area (Å²) in [4.78, 5) is 11.7. The number of para-hydroxylation sites is 1. The van der Waals surface area contributed by atoms with E-state index >= 15 is 0 Å². The summed E-state index contributed by atoms with van der Waals surface area (Å²) in [6, 6.07) is 66.7. The quantitative estimate of drug-likeness (QED) is 0.123. The molecular formula is C68H57N3OSSi. The fraction of sp³-hybridized carbons (Fsp3) is 0.206. The number of rotatable bonds is 6. The molecule has 0 saturated heterocycles. The minimum atomic E-state index is -2.82. The minimum absolute atomic E-state index is 0.362. The smallest absolute Gasteiger partial charge is 0.195 e. The molecule has 4 nitrogen and oxygen atoms in total. The highest BCUT2D eigenvalue weighted by Gasteiger charge is 2.43. The van der Waals surface area contributed by atoms with Crippen molar-refractivity contribution >= 4 is 61.2 Å². The summed E-state index contributed by atoms with van der Waals surface area (Å²) < 4.78 is 11.3. The highest BCUT2D eigenvalue weighted by Crippen LogP contribution is 2.52. The highest BCUT2D eigenvalue weighted by molar-refractivity contribution is 7.23. The third-order valence-electron chi connectivity index (χ3n) is 18.0. The zero-order valence-corrected chi connectivity index (χ0v) is 44.1. The number of fused-ring (bicyclic) bond motifs is 15. The molecule has 1 aliphatic heterocycles. The van der Waals surface area contributed by atoms with Crippen LogP contribution >= 0.6 is 11.3 Å². The normalized spacial score (nSPS) is 16.6. The topological polar surface area (TPSA) is 39.4 Å². The summed E-state index contributed by atoms with van der Waals surface area (Å²) in [5.41, 5.74) is 20.5. The Hall–Kier alpha value is -7.38. The Morgan fingerprint density at radius 1 is 0.568 bits per heavy atom. The van der Waals surface area contributed by atoms with Gasteiger partial charge in [0.25, 0.3) is 0 Å². The molecule has 1 unspecified atom stereocenters. The Bertz CT molecular complexity index is 4070. The van der Waals surface area contributed by atoms with Gasteiger partial charge >= 0.3 is 0 Å². The molecule has 1 atom stereocenters. The first kappa shape index (κ1) is 44.1. The summed E-state index contributed by atoms with van der Waals surface area (Å²) in [6.45, 7) is 7.35. The van der Waals surface area contributed by atoms with Gasteiger partial charge in [0.2, 0.25) is 0 Å². The van der Waals surface area contributed by atoms with Gasteiger partial charge in [-0.3, -0.25) is 9.38 Å². The number of thiazole rings is 1. The van der Waals surface area contributed by atoms with E-state index in [9.17, 15) is 0 Å². The van der Waals surface area contributed by atoms with Crippen molar-refractivity contribution in [2.45, 2.75) is 89.0 Å². The first-order valence-electron chi connectivity index (χ1n) is 27.0. The van der Waals surface area contributed by atoms with E-state index in [0.29, 0.717) is 11.8 Å². The monoisotopic (exact) mass is 991 g/mol. The molecule has 2 saturated carbocycles. The number of hydrogen-bond acceptors (Lipinski definition) is 4. The Labute approximate surface area is 438 Å². The lowest BCUT2D eigenvalue weighted by Gasteiger charge is -2.39. The van der Waals surface area contributed by atoms with Crippen molar-refractivity contribution in [1.29, 1.82) is 0 Å². The first-order valence-corrected chi connectivity index (χ1v) is 30.3. The molecule has 0 N–H and O–H groups in total. The minimum Gasteiger partial charge on any atom is -0.457 e. The lowest BCUT2D eigenvalue weighted by molar-refractivity contribution is 0.421. The van der Waals surface area contributed by atoms with E-state index in [1.165, 1.54) is 144 Å². The predicted octanol–water partition coefficient (Wildman–Crippen LogP) is 16.6. The molecule has 3 aromatic heterocycles. The van der Waals surface area contributed by atoms with Gasteiger partial charge in [0.15, 0.2) is 4.96 Å². The largest absolute Gasteiger partial charge is 0.457 e. The van der Waals surface area contributed by atoms with Crippen molar-refractivity contribution in [1.82, 2.24) is 14.4 Å². The van der Waals surface area contributed by atoms with Crippen LogP contribution in [0.15, 0.2) is 182 Å². The van der Waals surface area contributed by atoms with E-state index < -0.39 is 8.07 Å². The lowest BCUT2D eigenvalue weighted by Crippen LogP contribution is -2.65. The molecule has 0 radical (unpaired) electrons. The Balaban J connectivity index is 0.879. The van der Waals surface area contributed by atoms with Gasteiger partial charge in [-0.1, -0.05) is 197 Å². The second kappa shape index (κ2) is 16.8. The summed E-state index contributed by atoms with van der Waals surface area (Å²) in [7, 11) is -2.82. The number of hydrogen-bond donors (Lipinski definition) is 0. The van der Waals surface area contributed by atoms with Gasteiger partial charge in [0, 0.05) is 39.4 Å². The van der Waals surface area contributed by atoms with E-state index in [1.54, 1.807) is 0 Å². The van der Waals surface area contributed by atoms with Crippen LogP contribution in [0.3, 0.4) is 0 Å². The molecule has 2 fully saturated rings. The average molecular weight is 992 g/mol. The van der Waals surface area contributed by atoms with Crippen LogP contribution in [-0.4, -0.2) is 22.4 Å². The predicted molar refractivity (Wildman–Crippen MR) is 311 cm³/mol. The molecule has 15 rings (SSSR count). The molecule has 6 heteroatoms. The van der Waals surface area contributed by atoms with Gasteiger partial charge in [-0.2, -0.15) is 0 Å². The summed E-state index contributed by atoms with van der Waals surface area (Å²) >= 11 is 1.85. The molecular weight excluding hydrogens is 935 g/mol. The third kappa shape index (κ3) is 6.56. The van der Waals surface area contributed by atoms with E-state index in [0.717, 1.165) is 38.8 Å². The van der Waals surface area contributed by atoms with E-state index in [4.69, 9.17) is 14.7 Å². The van der Waals surface area contributed by atoms with Gasteiger partial charge in [-0.25, -0.2) is 4.98 Å².